The average molecular weight is 278 g/mol. The number of aryl methyl sites for hydroxylation is 2. The zero-order valence-electron chi connectivity index (χ0n) is 13.5. The van der Waals surface area contributed by atoms with E-state index in [1.165, 1.54) is 37.2 Å². The molecule has 0 aliphatic carbocycles. The predicted molar refractivity (Wildman–Crippen MR) is 83.8 cm³/mol. The minimum absolute atomic E-state index is 0.571. The van der Waals surface area contributed by atoms with Crippen LogP contribution in [-0.4, -0.2) is 39.9 Å². The topological polar surface area (TPSA) is 33.1 Å². The van der Waals surface area contributed by atoms with Crippen LogP contribution in [0, 0.1) is 0 Å². The molecule has 1 unspecified atom stereocenters. The Morgan fingerprint density at radius 1 is 1.40 bits per heavy atom. The van der Waals surface area contributed by atoms with Crippen molar-refractivity contribution in [2.75, 3.05) is 13.1 Å². The summed E-state index contributed by atoms with van der Waals surface area (Å²) in [6, 6.07) is 3.51. The maximum absolute atomic E-state index is 4.57. The first kappa shape index (κ1) is 15.5. The fourth-order valence-corrected chi connectivity index (χ4v) is 2.97. The highest BCUT2D eigenvalue weighted by atomic mass is 15.3. The summed E-state index contributed by atoms with van der Waals surface area (Å²) in [5.74, 6) is 0. The van der Waals surface area contributed by atoms with E-state index in [0.717, 1.165) is 19.5 Å². The van der Waals surface area contributed by atoms with Gasteiger partial charge in [0.05, 0.1) is 11.4 Å². The van der Waals surface area contributed by atoms with Crippen LogP contribution in [0.25, 0.3) is 0 Å². The van der Waals surface area contributed by atoms with Crippen LogP contribution in [-0.2, 0) is 20.0 Å². The Morgan fingerprint density at radius 3 is 2.85 bits per heavy atom. The molecule has 1 saturated heterocycles. The van der Waals surface area contributed by atoms with Crippen molar-refractivity contribution < 1.29 is 0 Å². The molecule has 0 bridgehead atoms. The third kappa shape index (κ3) is 4.06. The smallest absolute Gasteiger partial charge is 0.0625 e. The van der Waals surface area contributed by atoms with E-state index in [9.17, 15) is 0 Å². The first-order valence-corrected chi connectivity index (χ1v) is 8.09. The summed E-state index contributed by atoms with van der Waals surface area (Å²) in [4.78, 5) is 2.63. The maximum Gasteiger partial charge on any atom is 0.0625 e. The van der Waals surface area contributed by atoms with E-state index in [2.05, 4.69) is 53.9 Å². The van der Waals surface area contributed by atoms with E-state index < -0.39 is 0 Å². The molecule has 2 rings (SSSR count). The second kappa shape index (κ2) is 7.23. The highest BCUT2D eigenvalue weighted by molar-refractivity contribution is 5.10. The quantitative estimate of drug-likeness (QED) is 0.867. The van der Waals surface area contributed by atoms with Gasteiger partial charge in [-0.1, -0.05) is 27.2 Å². The van der Waals surface area contributed by atoms with Gasteiger partial charge in [-0.2, -0.15) is 5.10 Å². The zero-order chi connectivity index (χ0) is 14.5. The van der Waals surface area contributed by atoms with Crippen LogP contribution < -0.4 is 5.32 Å². The molecule has 1 aromatic rings. The molecule has 1 aromatic heterocycles. The Hall–Kier alpha value is -0.870. The van der Waals surface area contributed by atoms with Crippen molar-refractivity contribution >= 4 is 0 Å². The molecule has 4 heteroatoms. The van der Waals surface area contributed by atoms with Gasteiger partial charge in [0, 0.05) is 32.2 Å². The molecule has 1 fully saturated rings. The Balaban J connectivity index is 1.98. The lowest BCUT2D eigenvalue weighted by Crippen LogP contribution is -2.46. The standard InChI is InChI=1S/C16H30N4/c1-5-14-10-16(19(4)18-14)12-20-9-7-6-8-15(20)11-17-13(2)3/h10,13,15,17H,5-9,11-12H2,1-4H3. The van der Waals surface area contributed by atoms with Gasteiger partial charge in [-0.15, -0.1) is 0 Å². The lowest BCUT2D eigenvalue weighted by molar-refractivity contribution is 0.132. The van der Waals surface area contributed by atoms with E-state index in [0.29, 0.717) is 12.1 Å². The van der Waals surface area contributed by atoms with Crippen molar-refractivity contribution in [1.29, 1.82) is 0 Å². The van der Waals surface area contributed by atoms with Crippen molar-refractivity contribution in [3.8, 4) is 0 Å². The highest BCUT2D eigenvalue weighted by Gasteiger charge is 2.23. The molecule has 1 N–H and O–H groups in total. The van der Waals surface area contributed by atoms with Crippen LogP contribution in [0.2, 0.25) is 0 Å². The molecule has 1 aliphatic rings. The van der Waals surface area contributed by atoms with Crippen LogP contribution >= 0.6 is 0 Å². The summed E-state index contributed by atoms with van der Waals surface area (Å²) in [5.41, 5.74) is 2.55. The molecule has 1 atom stereocenters. The summed E-state index contributed by atoms with van der Waals surface area (Å²) in [5, 5.41) is 8.17. The molecule has 0 saturated carbocycles. The van der Waals surface area contributed by atoms with Crippen LogP contribution in [0.3, 0.4) is 0 Å². The Labute approximate surface area is 123 Å². The number of nitrogens with one attached hydrogen (secondary N) is 1. The second-order valence-corrected chi connectivity index (χ2v) is 6.29. The van der Waals surface area contributed by atoms with Gasteiger partial charge >= 0.3 is 0 Å². The monoisotopic (exact) mass is 278 g/mol. The van der Waals surface area contributed by atoms with E-state index in [1.54, 1.807) is 0 Å². The van der Waals surface area contributed by atoms with Gasteiger partial charge < -0.3 is 5.32 Å². The molecule has 4 nitrogen and oxygen atoms in total. The fourth-order valence-electron chi connectivity index (χ4n) is 2.97. The maximum atomic E-state index is 4.57. The number of piperidine rings is 1. The molecule has 114 valence electrons. The van der Waals surface area contributed by atoms with Gasteiger partial charge in [-0.05, 0) is 31.9 Å². The van der Waals surface area contributed by atoms with Crippen molar-refractivity contribution in [3.63, 3.8) is 0 Å². The highest BCUT2D eigenvalue weighted by Crippen LogP contribution is 2.19. The fraction of sp³-hybridized carbons (Fsp3) is 0.812. The van der Waals surface area contributed by atoms with Crippen molar-refractivity contribution in [3.05, 3.63) is 17.5 Å². The minimum atomic E-state index is 0.571. The van der Waals surface area contributed by atoms with Gasteiger partial charge in [0.15, 0.2) is 0 Å². The van der Waals surface area contributed by atoms with Crippen molar-refractivity contribution in [1.82, 2.24) is 20.0 Å². The SMILES string of the molecule is CCc1cc(CN2CCCCC2CNC(C)C)n(C)n1. The summed E-state index contributed by atoms with van der Waals surface area (Å²) < 4.78 is 2.06. The van der Waals surface area contributed by atoms with Gasteiger partial charge in [0.2, 0.25) is 0 Å². The summed E-state index contributed by atoms with van der Waals surface area (Å²) in [6.07, 6.45) is 5.04. The first-order valence-electron chi connectivity index (χ1n) is 8.09. The number of hydrogen-bond donors (Lipinski definition) is 1. The van der Waals surface area contributed by atoms with E-state index in [4.69, 9.17) is 0 Å². The summed E-state index contributed by atoms with van der Waals surface area (Å²) in [6.45, 7) is 9.98. The van der Waals surface area contributed by atoms with Gasteiger partial charge in [-0.25, -0.2) is 0 Å². The third-order valence-electron chi connectivity index (χ3n) is 4.27. The second-order valence-electron chi connectivity index (χ2n) is 6.29. The van der Waals surface area contributed by atoms with Crippen molar-refractivity contribution in [2.45, 2.75) is 65.1 Å². The van der Waals surface area contributed by atoms with Gasteiger partial charge in [0.25, 0.3) is 0 Å². The Morgan fingerprint density at radius 2 is 2.20 bits per heavy atom. The first-order chi connectivity index (χ1) is 9.60. The number of aromatic nitrogens is 2. The molecule has 0 amide bonds. The summed E-state index contributed by atoms with van der Waals surface area (Å²) >= 11 is 0. The molecule has 0 spiro atoms. The Kier molecular flexibility index (Phi) is 5.61. The van der Waals surface area contributed by atoms with Crippen LogP contribution in [0.15, 0.2) is 6.07 Å². The number of rotatable bonds is 6. The summed E-state index contributed by atoms with van der Waals surface area (Å²) in [7, 11) is 2.07. The normalized spacial score (nSPS) is 20.8. The molecule has 2 heterocycles. The van der Waals surface area contributed by atoms with Crippen LogP contribution in [0.4, 0.5) is 0 Å². The molecule has 0 aromatic carbocycles. The number of nitrogens with zero attached hydrogens (tertiary/aromatic N) is 3. The van der Waals surface area contributed by atoms with Crippen LogP contribution in [0.1, 0.15) is 51.4 Å². The zero-order valence-corrected chi connectivity index (χ0v) is 13.5. The van der Waals surface area contributed by atoms with E-state index in [-0.39, 0.29) is 0 Å². The average Bonchev–Trinajstić information content (AvgIpc) is 2.78. The lowest BCUT2D eigenvalue weighted by atomic mass is 10.0. The van der Waals surface area contributed by atoms with Gasteiger partial charge in [-0.3, -0.25) is 9.58 Å². The van der Waals surface area contributed by atoms with Gasteiger partial charge in [0.1, 0.15) is 0 Å². The van der Waals surface area contributed by atoms with E-state index >= 15 is 0 Å². The van der Waals surface area contributed by atoms with E-state index in [1.807, 2.05) is 0 Å². The number of likely N-dealkylation sites (tertiary alicyclic amines) is 1. The molecular formula is C16H30N4. The molecule has 0 radical (unpaired) electrons. The predicted octanol–water partition coefficient (Wildman–Crippen LogP) is 2.33. The van der Waals surface area contributed by atoms with Crippen molar-refractivity contribution in [2.24, 2.45) is 7.05 Å². The lowest BCUT2D eigenvalue weighted by Gasteiger charge is -2.36. The van der Waals surface area contributed by atoms with Crippen LogP contribution in [0.5, 0.6) is 0 Å². The molecular weight excluding hydrogens is 248 g/mol. The molecule has 1 aliphatic heterocycles. The Bertz CT molecular complexity index is 411. The largest absolute Gasteiger partial charge is 0.313 e. The number of hydrogen-bond acceptors (Lipinski definition) is 3. The third-order valence-corrected chi connectivity index (χ3v) is 4.27. The molecule has 20 heavy (non-hydrogen) atoms. The minimum Gasteiger partial charge on any atom is -0.313 e.